The van der Waals surface area contributed by atoms with Crippen LogP contribution in [0, 0.1) is 5.92 Å². The van der Waals surface area contributed by atoms with Gasteiger partial charge in [-0.05, 0) is 50.7 Å². The highest BCUT2D eigenvalue weighted by Gasteiger charge is 2.58. The van der Waals surface area contributed by atoms with Crippen LogP contribution in [-0.4, -0.2) is 52.3 Å². The van der Waals surface area contributed by atoms with Crippen LogP contribution in [0.25, 0.3) is 0 Å². The van der Waals surface area contributed by atoms with Gasteiger partial charge >= 0.3 is 6.03 Å². The molecule has 2 unspecified atom stereocenters. The van der Waals surface area contributed by atoms with E-state index >= 15 is 0 Å². The van der Waals surface area contributed by atoms with Gasteiger partial charge in [0.15, 0.2) is 0 Å². The summed E-state index contributed by atoms with van der Waals surface area (Å²) in [5, 5.41) is 6.12. The first-order valence-corrected chi connectivity index (χ1v) is 9.78. The van der Waals surface area contributed by atoms with Crippen molar-refractivity contribution in [2.45, 2.75) is 62.4 Å². The molecule has 8 heteroatoms. The number of ether oxygens (including phenoxy) is 1. The minimum Gasteiger partial charge on any atom is -0.358 e. The van der Waals surface area contributed by atoms with Crippen molar-refractivity contribution in [3.63, 3.8) is 0 Å². The highest BCUT2D eigenvalue weighted by atomic mass is 16.5. The zero-order chi connectivity index (χ0) is 18.6. The maximum Gasteiger partial charge on any atom is 0.317 e. The molecule has 5 rings (SSSR count). The number of piperidine rings is 1. The van der Waals surface area contributed by atoms with E-state index < -0.39 is 0 Å². The summed E-state index contributed by atoms with van der Waals surface area (Å²) in [5.74, 6) is 0.0142. The van der Waals surface area contributed by atoms with Gasteiger partial charge in [0, 0.05) is 30.8 Å². The molecule has 4 atom stereocenters. The molecule has 4 aliphatic rings. The molecule has 0 aliphatic carbocycles. The number of carbonyl (C=O) groups is 2. The number of amides is 3. The highest BCUT2D eigenvalue weighted by Crippen LogP contribution is 2.48. The predicted octanol–water partition coefficient (Wildman–Crippen LogP) is 0.946. The number of fused-ring (bicyclic) bond motifs is 4. The first-order valence-electron chi connectivity index (χ1n) is 9.78. The SMILES string of the molecule is O=C1N[C@H]2OCCC[C@H]2C2(CC3CCC(C2)N3C(=O)c2ccc[nH]c2=O)N1. The number of pyridine rings is 1. The van der Waals surface area contributed by atoms with Crippen LogP contribution in [0.3, 0.4) is 0 Å². The number of aromatic nitrogens is 1. The number of urea groups is 1. The summed E-state index contributed by atoms with van der Waals surface area (Å²) in [5.41, 5.74) is -0.490. The number of H-pyrrole nitrogens is 1. The van der Waals surface area contributed by atoms with Crippen molar-refractivity contribution in [2.24, 2.45) is 5.92 Å². The average Bonchev–Trinajstić information content (AvgIpc) is 2.93. The second-order valence-electron chi connectivity index (χ2n) is 8.21. The Bertz CT molecular complexity index is 823. The van der Waals surface area contributed by atoms with Gasteiger partial charge in [-0.1, -0.05) is 0 Å². The zero-order valence-electron chi connectivity index (χ0n) is 15.1. The largest absolute Gasteiger partial charge is 0.358 e. The van der Waals surface area contributed by atoms with Gasteiger partial charge in [-0.3, -0.25) is 9.59 Å². The third kappa shape index (κ3) is 2.57. The maximum absolute atomic E-state index is 13.1. The Balaban J connectivity index is 1.44. The fourth-order valence-electron chi connectivity index (χ4n) is 5.73. The lowest BCUT2D eigenvalue weighted by Gasteiger charge is -2.55. The van der Waals surface area contributed by atoms with Gasteiger partial charge in [0.05, 0.1) is 5.54 Å². The third-order valence-corrected chi connectivity index (χ3v) is 6.77. The summed E-state index contributed by atoms with van der Waals surface area (Å²) < 4.78 is 5.83. The molecule has 1 spiro atoms. The van der Waals surface area contributed by atoms with Crippen LogP contribution in [0.1, 0.15) is 48.9 Å². The van der Waals surface area contributed by atoms with E-state index in [9.17, 15) is 14.4 Å². The third-order valence-electron chi connectivity index (χ3n) is 6.77. The Labute approximate surface area is 156 Å². The summed E-state index contributed by atoms with van der Waals surface area (Å²) in [4.78, 5) is 41.9. The number of aromatic amines is 1. The molecule has 1 aromatic rings. The van der Waals surface area contributed by atoms with E-state index in [0.717, 1.165) is 38.5 Å². The molecule has 4 saturated heterocycles. The number of nitrogens with one attached hydrogen (secondary N) is 3. The Morgan fingerprint density at radius 3 is 2.70 bits per heavy atom. The zero-order valence-corrected chi connectivity index (χ0v) is 15.1. The summed E-state index contributed by atoms with van der Waals surface area (Å²) in [6.07, 6.45) is 6.53. The van der Waals surface area contributed by atoms with Gasteiger partial charge in [-0.2, -0.15) is 0 Å². The second-order valence-corrected chi connectivity index (χ2v) is 8.21. The lowest BCUT2D eigenvalue weighted by molar-refractivity contribution is -0.0993. The molecule has 1 aromatic heterocycles. The molecule has 8 nitrogen and oxygen atoms in total. The lowest BCUT2D eigenvalue weighted by Crippen LogP contribution is -2.73. The van der Waals surface area contributed by atoms with Gasteiger partial charge in [0.25, 0.3) is 11.5 Å². The lowest BCUT2D eigenvalue weighted by atomic mass is 9.69. The molecule has 4 fully saturated rings. The van der Waals surface area contributed by atoms with E-state index in [0.29, 0.717) is 6.61 Å². The number of hydrogen-bond donors (Lipinski definition) is 3. The summed E-state index contributed by atoms with van der Waals surface area (Å²) >= 11 is 0. The fraction of sp³-hybridized carbons (Fsp3) is 0.632. The van der Waals surface area contributed by atoms with Gasteiger partial charge < -0.3 is 25.3 Å². The molecular weight excluding hydrogens is 348 g/mol. The van der Waals surface area contributed by atoms with Crippen molar-refractivity contribution in [1.82, 2.24) is 20.5 Å². The number of hydrogen-bond acceptors (Lipinski definition) is 4. The van der Waals surface area contributed by atoms with Crippen molar-refractivity contribution in [1.29, 1.82) is 0 Å². The van der Waals surface area contributed by atoms with E-state index in [-0.39, 0.29) is 52.8 Å². The number of rotatable bonds is 1. The smallest absolute Gasteiger partial charge is 0.317 e. The van der Waals surface area contributed by atoms with Crippen LogP contribution >= 0.6 is 0 Å². The molecule has 0 aromatic carbocycles. The van der Waals surface area contributed by atoms with Crippen LogP contribution in [0.2, 0.25) is 0 Å². The highest BCUT2D eigenvalue weighted by molar-refractivity contribution is 5.94. The van der Waals surface area contributed by atoms with E-state index in [2.05, 4.69) is 15.6 Å². The molecular formula is C19H24N4O4. The topological polar surface area (TPSA) is 104 Å². The average molecular weight is 372 g/mol. The molecule has 2 bridgehead atoms. The van der Waals surface area contributed by atoms with Crippen molar-refractivity contribution in [3.05, 3.63) is 34.2 Å². The van der Waals surface area contributed by atoms with Crippen molar-refractivity contribution in [2.75, 3.05) is 6.61 Å². The van der Waals surface area contributed by atoms with Gasteiger partial charge in [0.2, 0.25) is 0 Å². The minimum atomic E-state index is -0.349. The Morgan fingerprint density at radius 1 is 1.19 bits per heavy atom. The molecule has 0 saturated carbocycles. The quantitative estimate of drug-likeness (QED) is 0.683. The van der Waals surface area contributed by atoms with E-state index in [1.54, 1.807) is 12.1 Å². The standard InChI is InChI=1S/C19H24N4O4/c24-15-13(3-1-7-20-15)17(25)23-11-5-6-12(23)10-19(9-11)14-4-2-8-27-16(14)21-18(26)22-19/h1,3,7,11-12,14,16H,2,4-6,8-10H2,(H,20,24)(H2,21,22,26)/t11?,12?,14-,16+,19?/m1/s1. The second kappa shape index (κ2) is 6.09. The Morgan fingerprint density at radius 2 is 1.96 bits per heavy atom. The predicted molar refractivity (Wildman–Crippen MR) is 96.1 cm³/mol. The molecule has 4 aliphatic heterocycles. The number of carbonyl (C=O) groups excluding carboxylic acids is 2. The van der Waals surface area contributed by atoms with Crippen LogP contribution in [0.15, 0.2) is 23.1 Å². The van der Waals surface area contributed by atoms with Gasteiger partial charge in [-0.25, -0.2) is 4.79 Å². The molecule has 0 radical (unpaired) electrons. The van der Waals surface area contributed by atoms with Crippen LogP contribution in [0.4, 0.5) is 4.79 Å². The van der Waals surface area contributed by atoms with Crippen LogP contribution in [-0.2, 0) is 4.74 Å². The summed E-state index contributed by atoms with van der Waals surface area (Å²) in [6.45, 7) is 0.672. The van der Waals surface area contributed by atoms with Gasteiger partial charge in [-0.15, -0.1) is 0 Å². The van der Waals surface area contributed by atoms with Crippen LogP contribution < -0.4 is 16.2 Å². The fourth-order valence-corrected chi connectivity index (χ4v) is 5.73. The summed E-state index contributed by atoms with van der Waals surface area (Å²) in [7, 11) is 0. The number of nitrogens with zero attached hydrogens (tertiary/aromatic N) is 1. The van der Waals surface area contributed by atoms with Crippen molar-refractivity contribution in [3.8, 4) is 0 Å². The van der Waals surface area contributed by atoms with Crippen molar-refractivity contribution >= 4 is 11.9 Å². The Hall–Kier alpha value is -2.35. The van der Waals surface area contributed by atoms with Gasteiger partial charge in [0.1, 0.15) is 11.8 Å². The van der Waals surface area contributed by atoms with Crippen LogP contribution in [0.5, 0.6) is 0 Å². The Kier molecular flexibility index (Phi) is 3.79. The maximum atomic E-state index is 13.1. The monoisotopic (exact) mass is 372 g/mol. The molecule has 144 valence electrons. The molecule has 3 amide bonds. The van der Waals surface area contributed by atoms with E-state index in [1.807, 2.05) is 4.90 Å². The first-order chi connectivity index (χ1) is 13.1. The summed E-state index contributed by atoms with van der Waals surface area (Å²) in [6, 6.07) is 3.16. The molecule has 3 N–H and O–H groups in total. The normalized spacial score (nSPS) is 37.5. The minimum absolute atomic E-state index is 0.0387. The first kappa shape index (κ1) is 16.8. The molecule has 27 heavy (non-hydrogen) atoms. The molecule has 5 heterocycles. The van der Waals surface area contributed by atoms with E-state index in [4.69, 9.17) is 4.74 Å². The van der Waals surface area contributed by atoms with Crippen molar-refractivity contribution < 1.29 is 14.3 Å². The van der Waals surface area contributed by atoms with E-state index in [1.165, 1.54) is 6.20 Å².